The van der Waals surface area contributed by atoms with Crippen LogP contribution >= 0.6 is 0 Å². The average Bonchev–Trinajstić information content (AvgIpc) is 2.02. The van der Waals surface area contributed by atoms with Crippen LogP contribution in [0.25, 0.3) is 0 Å². The molecule has 3 heteroatoms. The van der Waals surface area contributed by atoms with Crippen LogP contribution in [0.1, 0.15) is 6.92 Å². The predicted octanol–water partition coefficient (Wildman–Crippen LogP) is 1.20. The van der Waals surface area contributed by atoms with E-state index in [0.29, 0.717) is 0 Å². The Kier molecular flexibility index (Phi) is 1.48. The molecular formula is C9H11NO2. The molecule has 0 fully saturated rings. The van der Waals surface area contributed by atoms with E-state index in [0.717, 1.165) is 11.4 Å². The van der Waals surface area contributed by atoms with Gasteiger partial charge in [-0.2, -0.15) is 0 Å². The van der Waals surface area contributed by atoms with Crippen LogP contribution in [0.5, 0.6) is 5.75 Å². The number of para-hydroxylation sites is 2. The summed E-state index contributed by atoms with van der Waals surface area (Å²) in [4.78, 5) is 0. The van der Waals surface area contributed by atoms with Crippen LogP contribution in [0.3, 0.4) is 0 Å². The van der Waals surface area contributed by atoms with Gasteiger partial charge in [-0.25, -0.2) is 0 Å². The molecular weight excluding hydrogens is 154 g/mol. The van der Waals surface area contributed by atoms with Crippen molar-refractivity contribution >= 4 is 5.69 Å². The highest BCUT2D eigenvalue weighted by molar-refractivity contribution is 5.58. The minimum Gasteiger partial charge on any atom is -0.486 e. The highest BCUT2D eigenvalue weighted by Gasteiger charge is 2.26. The van der Waals surface area contributed by atoms with Crippen LogP contribution in [-0.2, 0) is 0 Å². The lowest BCUT2D eigenvalue weighted by Crippen LogP contribution is -2.43. The predicted molar refractivity (Wildman–Crippen MR) is 46.2 cm³/mol. The quantitative estimate of drug-likeness (QED) is 0.607. The molecule has 0 aliphatic carbocycles. The zero-order valence-electron chi connectivity index (χ0n) is 6.87. The molecule has 12 heavy (non-hydrogen) atoms. The van der Waals surface area contributed by atoms with Gasteiger partial charge in [0.15, 0.2) is 5.72 Å². The Hall–Kier alpha value is -1.22. The fourth-order valence-electron chi connectivity index (χ4n) is 1.24. The van der Waals surface area contributed by atoms with Gasteiger partial charge in [0.2, 0.25) is 0 Å². The first kappa shape index (κ1) is 7.43. The number of benzene rings is 1. The molecule has 0 saturated carbocycles. The summed E-state index contributed by atoms with van der Waals surface area (Å²) >= 11 is 0. The van der Waals surface area contributed by atoms with E-state index >= 15 is 0 Å². The third kappa shape index (κ3) is 1.23. The molecule has 1 atom stereocenters. The van der Waals surface area contributed by atoms with Gasteiger partial charge in [0.1, 0.15) is 12.4 Å². The fourth-order valence-corrected chi connectivity index (χ4v) is 1.24. The Balaban J connectivity index is 2.35. The van der Waals surface area contributed by atoms with Crippen LogP contribution in [0.2, 0.25) is 0 Å². The summed E-state index contributed by atoms with van der Waals surface area (Å²) in [6.45, 7) is 1.97. The summed E-state index contributed by atoms with van der Waals surface area (Å²) in [7, 11) is 0. The first-order valence-electron chi connectivity index (χ1n) is 3.90. The minimum absolute atomic E-state index is 0.282. The van der Waals surface area contributed by atoms with Gasteiger partial charge in [0.25, 0.3) is 0 Å². The maximum atomic E-state index is 9.59. The van der Waals surface area contributed by atoms with E-state index in [9.17, 15) is 5.11 Å². The first-order chi connectivity index (χ1) is 5.67. The van der Waals surface area contributed by atoms with Crippen LogP contribution in [0.4, 0.5) is 5.69 Å². The molecule has 1 aliphatic heterocycles. The largest absolute Gasteiger partial charge is 0.486 e. The molecule has 0 bridgehead atoms. The molecule has 0 aromatic heterocycles. The van der Waals surface area contributed by atoms with Crippen molar-refractivity contribution in [2.24, 2.45) is 0 Å². The van der Waals surface area contributed by atoms with Gasteiger partial charge < -0.3 is 15.2 Å². The SMILES string of the molecule is CC1(O)COc2ccccc2N1. The van der Waals surface area contributed by atoms with Crippen LogP contribution in [-0.4, -0.2) is 17.4 Å². The van der Waals surface area contributed by atoms with Gasteiger partial charge in [0.05, 0.1) is 5.69 Å². The number of nitrogens with one attached hydrogen (secondary N) is 1. The van der Waals surface area contributed by atoms with Crippen molar-refractivity contribution in [1.82, 2.24) is 0 Å². The molecule has 1 unspecified atom stereocenters. The molecule has 1 aromatic carbocycles. The molecule has 0 spiro atoms. The zero-order valence-corrected chi connectivity index (χ0v) is 6.87. The van der Waals surface area contributed by atoms with E-state index in [4.69, 9.17) is 4.74 Å². The third-order valence-corrected chi connectivity index (χ3v) is 1.80. The van der Waals surface area contributed by atoms with Crippen molar-refractivity contribution in [2.75, 3.05) is 11.9 Å². The van der Waals surface area contributed by atoms with E-state index in [1.807, 2.05) is 24.3 Å². The molecule has 1 aromatic rings. The molecule has 64 valence electrons. The Bertz CT molecular complexity index is 296. The van der Waals surface area contributed by atoms with Crippen LogP contribution in [0, 0.1) is 0 Å². The number of fused-ring (bicyclic) bond motifs is 1. The summed E-state index contributed by atoms with van der Waals surface area (Å²) < 4.78 is 5.33. The summed E-state index contributed by atoms with van der Waals surface area (Å²) in [5.74, 6) is 0.795. The van der Waals surface area contributed by atoms with Crippen molar-refractivity contribution in [1.29, 1.82) is 0 Å². The minimum atomic E-state index is -0.950. The van der Waals surface area contributed by atoms with Crippen molar-refractivity contribution in [2.45, 2.75) is 12.6 Å². The second-order valence-electron chi connectivity index (χ2n) is 3.18. The Morgan fingerprint density at radius 3 is 3.08 bits per heavy atom. The van der Waals surface area contributed by atoms with Crippen molar-refractivity contribution in [3.05, 3.63) is 24.3 Å². The summed E-state index contributed by atoms with van der Waals surface area (Å²) in [6.07, 6.45) is 0. The monoisotopic (exact) mass is 165 g/mol. The molecule has 2 N–H and O–H groups in total. The number of hydrogen-bond donors (Lipinski definition) is 2. The standard InChI is InChI=1S/C9H11NO2/c1-9(11)6-12-8-5-3-2-4-7(8)10-9/h2-5,10-11H,6H2,1H3. The van der Waals surface area contributed by atoms with E-state index in [-0.39, 0.29) is 6.61 Å². The lowest BCUT2D eigenvalue weighted by atomic mass is 10.2. The highest BCUT2D eigenvalue weighted by atomic mass is 16.5. The fraction of sp³-hybridized carbons (Fsp3) is 0.333. The molecule has 1 heterocycles. The highest BCUT2D eigenvalue weighted by Crippen LogP contribution is 2.30. The average molecular weight is 165 g/mol. The second kappa shape index (κ2) is 2.38. The maximum absolute atomic E-state index is 9.59. The topological polar surface area (TPSA) is 41.5 Å². The normalized spacial score (nSPS) is 26.8. The molecule has 1 aliphatic rings. The van der Waals surface area contributed by atoms with E-state index < -0.39 is 5.72 Å². The van der Waals surface area contributed by atoms with Gasteiger partial charge >= 0.3 is 0 Å². The van der Waals surface area contributed by atoms with E-state index in [2.05, 4.69) is 5.32 Å². The summed E-state index contributed by atoms with van der Waals surface area (Å²) in [5, 5.41) is 12.6. The first-order valence-corrected chi connectivity index (χ1v) is 3.90. The zero-order chi connectivity index (χ0) is 8.60. The van der Waals surface area contributed by atoms with Crippen molar-refractivity contribution < 1.29 is 9.84 Å². The van der Waals surface area contributed by atoms with Gasteiger partial charge in [0, 0.05) is 0 Å². The Morgan fingerprint density at radius 1 is 1.50 bits per heavy atom. The number of hydrogen-bond acceptors (Lipinski definition) is 3. The smallest absolute Gasteiger partial charge is 0.167 e. The second-order valence-corrected chi connectivity index (χ2v) is 3.18. The summed E-state index contributed by atoms with van der Waals surface area (Å²) in [5.41, 5.74) is -0.109. The molecule has 3 nitrogen and oxygen atoms in total. The lowest BCUT2D eigenvalue weighted by molar-refractivity contribution is 0.0282. The number of anilines is 1. The number of aliphatic hydroxyl groups is 1. The number of ether oxygens (including phenoxy) is 1. The van der Waals surface area contributed by atoms with Crippen LogP contribution < -0.4 is 10.1 Å². The van der Waals surface area contributed by atoms with E-state index in [1.54, 1.807) is 6.92 Å². The summed E-state index contributed by atoms with van der Waals surface area (Å²) in [6, 6.07) is 7.55. The van der Waals surface area contributed by atoms with Gasteiger partial charge in [-0.05, 0) is 19.1 Å². The van der Waals surface area contributed by atoms with Crippen LogP contribution in [0.15, 0.2) is 24.3 Å². The maximum Gasteiger partial charge on any atom is 0.167 e. The molecule has 0 radical (unpaired) electrons. The van der Waals surface area contributed by atoms with Gasteiger partial charge in [-0.3, -0.25) is 0 Å². The Morgan fingerprint density at radius 2 is 2.25 bits per heavy atom. The van der Waals surface area contributed by atoms with E-state index in [1.165, 1.54) is 0 Å². The number of rotatable bonds is 0. The Labute approximate surface area is 71.0 Å². The van der Waals surface area contributed by atoms with Crippen molar-refractivity contribution in [3.63, 3.8) is 0 Å². The van der Waals surface area contributed by atoms with Gasteiger partial charge in [-0.1, -0.05) is 12.1 Å². The molecule has 2 rings (SSSR count). The van der Waals surface area contributed by atoms with Gasteiger partial charge in [-0.15, -0.1) is 0 Å². The third-order valence-electron chi connectivity index (χ3n) is 1.80. The molecule has 0 saturated heterocycles. The lowest BCUT2D eigenvalue weighted by Gasteiger charge is -2.31. The molecule has 0 amide bonds. The van der Waals surface area contributed by atoms with Crippen molar-refractivity contribution in [3.8, 4) is 5.75 Å².